The first-order chi connectivity index (χ1) is 6.43. The van der Waals surface area contributed by atoms with E-state index in [2.05, 4.69) is 13.8 Å². The minimum absolute atomic E-state index is 0.0797. The normalized spacial score (nSPS) is 39.4. The summed E-state index contributed by atoms with van der Waals surface area (Å²) in [5.74, 6) is 0. The van der Waals surface area contributed by atoms with Gasteiger partial charge in [-0.05, 0) is 18.3 Å². The van der Waals surface area contributed by atoms with Crippen molar-refractivity contribution in [1.29, 1.82) is 0 Å². The zero-order valence-corrected chi connectivity index (χ0v) is 9.05. The molecule has 0 aromatic rings. The van der Waals surface area contributed by atoms with E-state index in [1.807, 2.05) is 0 Å². The second kappa shape index (κ2) is 2.94. The molecule has 2 fully saturated rings. The summed E-state index contributed by atoms with van der Waals surface area (Å²) in [6.45, 7) is 5.46. The monoisotopic (exact) mass is 200 g/mol. The van der Waals surface area contributed by atoms with Gasteiger partial charge in [0.15, 0.2) is 0 Å². The van der Waals surface area contributed by atoms with Gasteiger partial charge in [-0.3, -0.25) is 0 Å². The molecule has 1 saturated carbocycles. The second-order valence-electron chi connectivity index (χ2n) is 5.79. The molecule has 82 valence electrons. The van der Waals surface area contributed by atoms with E-state index in [0.29, 0.717) is 19.6 Å². The summed E-state index contributed by atoms with van der Waals surface area (Å²) in [7, 11) is 0. The van der Waals surface area contributed by atoms with E-state index in [0.717, 1.165) is 12.8 Å². The van der Waals surface area contributed by atoms with Gasteiger partial charge in [0.25, 0.3) is 0 Å². The Morgan fingerprint density at radius 3 is 2.29 bits per heavy atom. The Morgan fingerprint density at radius 1 is 1.29 bits per heavy atom. The highest BCUT2D eigenvalue weighted by atomic mass is 16.5. The van der Waals surface area contributed by atoms with Crippen molar-refractivity contribution in [3.05, 3.63) is 0 Å². The summed E-state index contributed by atoms with van der Waals surface area (Å²) < 4.78 is 5.25. The maximum absolute atomic E-state index is 10.4. The van der Waals surface area contributed by atoms with Crippen LogP contribution in [-0.2, 0) is 4.74 Å². The molecule has 0 radical (unpaired) electrons. The fourth-order valence-electron chi connectivity index (χ4n) is 3.34. The van der Waals surface area contributed by atoms with Crippen LogP contribution in [0.1, 0.15) is 33.1 Å². The van der Waals surface area contributed by atoms with E-state index in [1.165, 1.54) is 0 Å². The molecule has 0 aromatic heterocycles. The van der Waals surface area contributed by atoms with Gasteiger partial charge in [0.1, 0.15) is 0 Å². The predicted molar refractivity (Wildman–Crippen MR) is 52.9 cm³/mol. The lowest BCUT2D eigenvalue weighted by Crippen LogP contribution is -2.61. The first-order valence-electron chi connectivity index (χ1n) is 5.34. The van der Waals surface area contributed by atoms with Crippen molar-refractivity contribution in [2.45, 2.75) is 38.7 Å². The molecule has 1 saturated heterocycles. The SMILES string of the molecule is CC1(C)CC(CO)(C2(O)CCOC2)C1. The third-order valence-electron chi connectivity index (χ3n) is 3.92. The molecule has 3 nitrogen and oxygen atoms in total. The minimum atomic E-state index is -0.780. The van der Waals surface area contributed by atoms with Crippen LogP contribution in [0.15, 0.2) is 0 Å². The van der Waals surface area contributed by atoms with Gasteiger partial charge < -0.3 is 14.9 Å². The van der Waals surface area contributed by atoms with Crippen LogP contribution in [0.25, 0.3) is 0 Å². The summed E-state index contributed by atoms with van der Waals surface area (Å²) in [5, 5.41) is 19.9. The Balaban J connectivity index is 2.14. The van der Waals surface area contributed by atoms with Gasteiger partial charge in [-0.1, -0.05) is 13.8 Å². The Labute approximate surface area is 85.1 Å². The number of aliphatic hydroxyl groups is 2. The first kappa shape index (κ1) is 10.4. The van der Waals surface area contributed by atoms with Crippen LogP contribution >= 0.6 is 0 Å². The molecule has 3 heteroatoms. The minimum Gasteiger partial charge on any atom is -0.396 e. The molecule has 2 aliphatic rings. The van der Waals surface area contributed by atoms with E-state index < -0.39 is 5.60 Å². The van der Waals surface area contributed by atoms with E-state index in [9.17, 15) is 10.2 Å². The number of ether oxygens (including phenoxy) is 1. The van der Waals surface area contributed by atoms with Crippen molar-refractivity contribution in [1.82, 2.24) is 0 Å². The van der Waals surface area contributed by atoms with Crippen molar-refractivity contribution < 1.29 is 14.9 Å². The molecule has 14 heavy (non-hydrogen) atoms. The predicted octanol–water partition coefficient (Wildman–Crippen LogP) is 0.936. The number of rotatable bonds is 2. The lowest BCUT2D eigenvalue weighted by atomic mass is 9.48. The van der Waals surface area contributed by atoms with E-state index in [-0.39, 0.29) is 17.4 Å². The highest BCUT2D eigenvalue weighted by molar-refractivity contribution is 5.11. The highest BCUT2D eigenvalue weighted by Crippen LogP contribution is 2.60. The van der Waals surface area contributed by atoms with Gasteiger partial charge in [-0.25, -0.2) is 0 Å². The van der Waals surface area contributed by atoms with E-state index in [1.54, 1.807) is 0 Å². The zero-order valence-electron chi connectivity index (χ0n) is 9.05. The average molecular weight is 200 g/mol. The molecule has 0 bridgehead atoms. The van der Waals surface area contributed by atoms with Crippen LogP contribution in [0.2, 0.25) is 0 Å². The lowest BCUT2D eigenvalue weighted by molar-refractivity contribution is -0.194. The van der Waals surface area contributed by atoms with Gasteiger partial charge in [-0.15, -0.1) is 0 Å². The summed E-state index contributed by atoms with van der Waals surface area (Å²) >= 11 is 0. The molecule has 0 amide bonds. The summed E-state index contributed by atoms with van der Waals surface area (Å²) in [6, 6.07) is 0. The summed E-state index contributed by atoms with van der Waals surface area (Å²) in [5.41, 5.74) is -0.814. The van der Waals surface area contributed by atoms with Crippen molar-refractivity contribution in [3.63, 3.8) is 0 Å². The lowest BCUT2D eigenvalue weighted by Gasteiger charge is -2.58. The van der Waals surface area contributed by atoms with Gasteiger partial charge in [0.05, 0.1) is 18.8 Å². The van der Waals surface area contributed by atoms with Crippen LogP contribution < -0.4 is 0 Å². The van der Waals surface area contributed by atoms with Crippen LogP contribution in [0, 0.1) is 10.8 Å². The molecular weight excluding hydrogens is 180 g/mol. The van der Waals surface area contributed by atoms with Gasteiger partial charge in [-0.2, -0.15) is 0 Å². The fourth-order valence-corrected chi connectivity index (χ4v) is 3.34. The number of hydrogen-bond acceptors (Lipinski definition) is 3. The maximum atomic E-state index is 10.4. The van der Waals surface area contributed by atoms with Gasteiger partial charge >= 0.3 is 0 Å². The molecule has 2 N–H and O–H groups in total. The van der Waals surface area contributed by atoms with Gasteiger partial charge in [0.2, 0.25) is 0 Å². The number of aliphatic hydroxyl groups excluding tert-OH is 1. The Hall–Kier alpha value is -0.120. The zero-order chi connectivity index (χ0) is 10.4. The standard InChI is InChI=1S/C11H20O3/c1-9(2)5-10(6-9,7-12)11(13)3-4-14-8-11/h12-13H,3-8H2,1-2H3. The van der Waals surface area contributed by atoms with Gasteiger partial charge in [0, 0.05) is 18.4 Å². The third kappa shape index (κ3) is 1.30. The molecule has 1 aliphatic carbocycles. The fraction of sp³-hybridized carbons (Fsp3) is 1.00. The van der Waals surface area contributed by atoms with Crippen LogP contribution in [0.5, 0.6) is 0 Å². The Morgan fingerprint density at radius 2 is 1.93 bits per heavy atom. The third-order valence-corrected chi connectivity index (χ3v) is 3.92. The van der Waals surface area contributed by atoms with Crippen LogP contribution in [-0.4, -0.2) is 35.6 Å². The van der Waals surface area contributed by atoms with Crippen LogP contribution in [0.3, 0.4) is 0 Å². The molecule has 0 aromatic carbocycles. The average Bonchev–Trinajstić information content (AvgIpc) is 2.48. The van der Waals surface area contributed by atoms with E-state index >= 15 is 0 Å². The van der Waals surface area contributed by atoms with Crippen LogP contribution in [0.4, 0.5) is 0 Å². The van der Waals surface area contributed by atoms with Crippen molar-refractivity contribution in [2.75, 3.05) is 19.8 Å². The molecule has 1 atom stereocenters. The highest BCUT2D eigenvalue weighted by Gasteiger charge is 2.61. The first-order valence-corrected chi connectivity index (χ1v) is 5.34. The van der Waals surface area contributed by atoms with E-state index in [4.69, 9.17) is 4.74 Å². The van der Waals surface area contributed by atoms with Crippen molar-refractivity contribution >= 4 is 0 Å². The molecule has 1 heterocycles. The largest absolute Gasteiger partial charge is 0.396 e. The Kier molecular flexibility index (Phi) is 2.18. The summed E-state index contributed by atoms with van der Waals surface area (Å²) in [4.78, 5) is 0. The van der Waals surface area contributed by atoms with Crippen molar-refractivity contribution in [2.24, 2.45) is 10.8 Å². The molecule has 1 unspecified atom stereocenters. The Bertz CT molecular complexity index is 221. The quantitative estimate of drug-likeness (QED) is 0.697. The molecule has 0 spiro atoms. The molecule has 2 rings (SSSR count). The topological polar surface area (TPSA) is 49.7 Å². The smallest absolute Gasteiger partial charge is 0.0980 e. The second-order valence-corrected chi connectivity index (χ2v) is 5.79. The molecule has 1 aliphatic heterocycles. The summed E-state index contributed by atoms with van der Waals surface area (Å²) in [6.07, 6.45) is 2.47. The number of hydrogen-bond donors (Lipinski definition) is 2. The van der Waals surface area contributed by atoms with Crippen molar-refractivity contribution in [3.8, 4) is 0 Å². The molecular formula is C11H20O3. The maximum Gasteiger partial charge on any atom is 0.0980 e.